The van der Waals surface area contributed by atoms with Crippen LogP contribution in [-0.4, -0.2) is 32.5 Å². The summed E-state index contributed by atoms with van der Waals surface area (Å²) in [4.78, 5) is 18.3. The highest BCUT2D eigenvalue weighted by molar-refractivity contribution is 6.36. The second-order valence-corrected chi connectivity index (χ2v) is 8.53. The van der Waals surface area contributed by atoms with E-state index in [-0.39, 0.29) is 28.9 Å². The van der Waals surface area contributed by atoms with E-state index in [0.717, 1.165) is 12.3 Å². The second-order valence-electron chi connectivity index (χ2n) is 7.78. The van der Waals surface area contributed by atoms with E-state index in [2.05, 4.69) is 4.98 Å². The van der Waals surface area contributed by atoms with Gasteiger partial charge in [-0.3, -0.25) is 9.78 Å². The zero-order chi connectivity index (χ0) is 23.6. The Morgan fingerprint density at radius 3 is 2.44 bits per heavy atom. The van der Waals surface area contributed by atoms with Crippen molar-refractivity contribution >= 4 is 29.1 Å². The number of amides is 1. The van der Waals surface area contributed by atoms with Gasteiger partial charge in [-0.15, -0.1) is 0 Å². The topological polar surface area (TPSA) is 73.7 Å². The van der Waals surface area contributed by atoms with E-state index in [1.807, 2.05) is 6.92 Å². The van der Waals surface area contributed by atoms with E-state index in [0.29, 0.717) is 61.0 Å². The van der Waals surface area contributed by atoms with Crippen molar-refractivity contribution in [3.8, 4) is 11.5 Å². The fraction of sp³-hybridized carbons (Fsp3) is 0.455. The number of aromatic hydroxyl groups is 2. The van der Waals surface area contributed by atoms with E-state index < -0.39 is 23.2 Å². The average molecular weight is 491 g/mol. The van der Waals surface area contributed by atoms with Gasteiger partial charge in [0.15, 0.2) is 11.5 Å². The van der Waals surface area contributed by atoms with Crippen LogP contribution in [0.5, 0.6) is 11.5 Å². The monoisotopic (exact) mass is 490 g/mol. The number of hydrogen-bond donors (Lipinski definition) is 2. The van der Waals surface area contributed by atoms with Crippen LogP contribution < -0.4 is 0 Å². The van der Waals surface area contributed by atoms with Gasteiger partial charge < -0.3 is 15.1 Å². The smallest absolute Gasteiger partial charge is 0.417 e. The molecule has 174 valence electrons. The number of rotatable bonds is 6. The lowest BCUT2D eigenvalue weighted by atomic mass is 9.97. The molecule has 1 aliphatic rings. The van der Waals surface area contributed by atoms with Gasteiger partial charge in [-0.05, 0) is 48.4 Å². The molecule has 1 aromatic carbocycles. The van der Waals surface area contributed by atoms with E-state index in [4.69, 9.17) is 23.2 Å². The maximum atomic E-state index is 13.0. The summed E-state index contributed by atoms with van der Waals surface area (Å²) in [5.74, 6) is -1.12. The largest absolute Gasteiger partial charge is 0.503 e. The van der Waals surface area contributed by atoms with Crippen LogP contribution in [0.25, 0.3) is 0 Å². The third-order valence-corrected chi connectivity index (χ3v) is 6.39. The van der Waals surface area contributed by atoms with Gasteiger partial charge in [0, 0.05) is 31.4 Å². The predicted octanol–water partition coefficient (Wildman–Crippen LogP) is 5.68. The number of benzene rings is 1. The number of nitrogens with zero attached hydrogens (tertiary/aromatic N) is 2. The van der Waals surface area contributed by atoms with Crippen molar-refractivity contribution in [3.63, 3.8) is 0 Å². The lowest BCUT2D eigenvalue weighted by Crippen LogP contribution is -2.36. The van der Waals surface area contributed by atoms with Gasteiger partial charge in [-0.25, -0.2) is 0 Å². The quantitative estimate of drug-likeness (QED) is 0.511. The van der Waals surface area contributed by atoms with Gasteiger partial charge in [0.1, 0.15) is 0 Å². The minimum absolute atomic E-state index is 0.0300. The molecule has 5 nitrogen and oxygen atoms in total. The molecule has 2 N–H and O–H groups in total. The highest BCUT2D eigenvalue weighted by Crippen LogP contribution is 2.46. The number of pyridine rings is 1. The van der Waals surface area contributed by atoms with E-state index in [1.54, 1.807) is 4.90 Å². The molecule has 1 amide bonds. The van der Waals surface area contributed by atoms with Crippen LogP contribution in [0.15, 0.2) is 12.3 Å². The van der Waals surface area contributed by atoms with E-state index in [9.17, 15) is 28.2 Å². The third kappa shape index (κ3) is 5.07. The van der Waals surface area contributed by atoms with Gasteiger partial charge >= 0.3 is 6.18 Å². The molecule has 0 aliphatic carbocycles. The molecule has 2 aromatic rings. The van der Waals surface area contributed by atoms with Crippen molar-refractivity contribution < 1.29 is 28.2 Å². The molecule has 0 saturated carbocycles. The zero-order valence-electron chi connectivity index (χ0n) is 17.4. The summed E-state index contributed by atoms with van der Waals surface area (Å²) >= 11 is 12.2. The van der Waals surface area contributed by atoms with Crippen molar-refractivity contribution in [1.82, 2.24) is 9.88 Å². The Labute approximate surface area is 193 Å². The number of carbonyl (C=O) groups is 1. The molecule has 10 heteroatoms. The summed E-state index contributed by atoms with van der Waals surface area (Å²) in [5, 5.41) is 19.8. The minimum atomic E-state index is -4.44. The van der Waals surface area contributed by atoms with Crippen molar-refractivity contribution in [1.29, 1.82) is 0 Å². The molecule has 0 bridgehead atoms. The van der Waals surface area contributed by atoms with Crippen LogP contribution in [0.3, 0.4) is 0 Å². The molecule has 3 rings (SSSR count). The number of alkyl halides is 3. The number of fused-ring (bicyclic) bond motifs is 1. The number of phenolic OH excluding ortho intramolecular Hbond substituents is 2. The number of aromatic nitrogens is 1. The van der Waals surface area contributed by atoms with Crippen molar-refractivity contribution in [3.05, 3.63) is 50.3 Å². The normalized spacial score (nSPS) is 13.9. The SMILES string of the molecule is CCCc1cc(C(F)(F)F)cnc1CCCC(=O)N1CCc2c(Cl)c(O)c(O)c(Cl)c2C1. The molecular formula is C22H23Cl2F3N2O3. The van der Waals surface area contributed by atoms with Crippen LogP contribution in [-0.2, 0) is 36.8 Å². The highest BCUT2D eigenvalue weighted by atomic mass is 35.5. The number of carbonyl (C=O) groups excluding carboxylic acids is 1. The maximum absolute atomic E-state index is 13.0. The van der Waals surface area contributed by atoms with Gasteiger partial charge in [-0.1, -0.05) is 36.5 Å². The minimum Gasteiger partial charge on any atom is -0.503 e. The number of aryl methyl sites for hydroxylation is 2. The Hall–Kier alpha value is -2.19. The molecule has 0 atom stereocenters. The molecule has 1 aliphatic heterocycles. The van der Waals surface area contributed by atoms with Crippen LogP contribution >= 0.6 is 23.2 Å². The molecule has 1 aromatic heterocycles. The lowest BCUT2D eigenvalue weighted by Gasteiger charge is -2.30. The first-order valence-corrected chi connectivity index (χ1v) is 11.0. The number of hydrogen-bond acceptors (Lipinski definition) is 4. The van der Waals surface area contributed by atoms with Crippen LogP contribution in [0, 0.1) is 0 Å². The second kappa shape index (κ2) is 9.75. The molecule has 0 radical (unpaired) electrons. The average Bonchev–Trinajstić information content (AvgIpc) is 2.76. The summed E-state index contributed by atoms with van der Waals surface area (Å²) in [5.41, 5.74) is 1.47. The summed E-state index contributed by atoms with van der Waals surface area (Å²) in [6, 6.07) is 1.14. The lowest BCUT2D eigenvalue weighted by molar-refractivity contribution is -0.138. The number of halogens is 5. The Morgan fingerprint density at radius 1 is 1.16 bits per heavy atom. The van der Waals surface area contributed by atoms with Gasteiger partial charge in [0.25, 0.3) is 0 Å². The summed E-state index contributed by atoms with van der Waals surface area (Å²) < 4.78 is 38.9. The zero-order valence-corrected chi connectivity index (χ0v) is 18.9. The van der Waals surface area contributed by atoms with Crippen LogP contribution in [0.2, 0.25) is 10.0 Å². The summed E-state index contributed by atoms with van der Waals surface area (Å²) in [7, 11) is 0. The van der Waals surface area contributed by atoms with Crippen molar-refractivity contribution in [2.24, 2.45) is 0 Å². The summed E-state index contributed by atoms with van der Waals surface area (Å²) in [6.45, 7) is 2.42. The molecule has 0 saturated heterocycles. The Kier molecular flexibility index (Phi) is 7.45. The molecule has 2 heterocycles. The van der Waals surface area contributed by atoms with E-state index >= 15 is 0 Å². The Morgan fingerprint density at radius 2 is 1.81 bits per heavy atom. The predicted molar refractivity (Wildman–Crippen MR) is 115 cm³/mol. The molecule has 0 unspecified atom stereocenters. The third-order valence-electron chi connectivity index (χ3n) is 5.58. The van der Waals surface area contributed by atoms with E-state index in [1.165, 1.54) is 0 Å². The fourth-order valence-electron chi connectivity index (χ4n) is 3.88. The first kappa shape index (κ1) is 24.5. The van der Waals surface area contributed by atoms with Gasteiger partial charge in [0.2, 0.25) is 5.91 Å². The summed E-state index contributed by atoms with van der Waals surface area (Å²) in [6.07, 6.45) is -1.02. The Bertz CT molecular complexity index is 1030. The molecule has 0 fully saturated rings. The first-order chi connectivity index (χ1) is 15.0. The highest BCUT2D eigenvalue weighted by Gasteiger charge is 2.32. The molecule has 0 spiro atoms. The standard InChI is InChI=1S/C22H23Cl2F3N2O3/c1-2-4-12-9-13(22(25,26)27)10-28-16(12)5-3-6-17(30)29-8-7-14-15(11-29)19(24)21(32)20(31)18(14)23/h9-10,31-32H,2-8,11H2,1H3. The molecule has 32 heavy (non-hydrogen) atoms. The first-order valence-electron chi connectivity index (χ1n) is 10.3. The fourth-order valence-corrected chi connectivity index (χ4v) is 4.44. The van der Waals surface area contributed by atoms with Crippen LogP contribution in [0.1, 0.15) is 54.1 Å². The number of phenols is 2. The van der Waals surface area contributed by atoms with Crippen molar-refractivity contribution in [2.45, 2.75) is 58.2 Å². The van der Waals surface area contributed by atoms with Crippen molar-refractivity contribution in [2.75, 3.05) is 6.54 Å². The maximum Gasteiger partial charge on any atom is 0.417 e. The Balaban J connectivity index is 1.65. The van der Waals surface area contributed by atoms with Crippen LogP contribution in [0.4, 0.5) is 13.2 Å². The molecular weight excluding hydrogens is 468 g/mol. The van der Waals surface area contributed by atoms with Gasteiger partial charge in [-0.2, -0.15) is 13.2 Å². The van der Waals surface area contributed by atoms with Gasteiger partial charge in [0.05, 0.1) is 15.6 Å².